The van der Waals surface area contributed by atoms with Crippen LogP contribution in [0.2, 0.25) is 0 Å². The zero-order valence-electron chi connectivity index (χ0n) is 10.2. The highest BCUT2D eigenvalue weighted by Gasteiger charge is 1.99. The van der Waals surface area contributed by atoms with Crippen LogP contribution in [0.15, 0.2) is 51.9 Å². The largest absolute Gasteiger partial charge is 0.383 e. The number of benzene rings is 1. The van der Waals surface area contributed by atoms with Gasteiger partial charge in [0.1, 0.15) is 0 Å². The van der Waals surface area contributed by atoms with Gasteiger partial charge in [-0.2, -0.15) is 0 Å². The number of nitrogens with zero attached hydrogens (tertiary/aromatic N) is 1. The first-order chi connectivity index (χ1) is 8.66. The quantitative estimate of drug-likeness (QED) is 0.942. The van der Waals surface area contributed by atoms with Crippen molar-refractivity contribution in [3.63, 3.8) is 0 Å². The summed E-state index contributed by atoms with van der Waals surface area (Å²) in [6.45, 7) is 3.44. The highest BCUT2D eigenvalue weighted by atomic mass is 79.9. The number of nitrogens with one attached hydrogen (secondary N) is 1. The lowest BCUT2D eigenvalue weighted by Gasteiger charge is -2.11. The fraction of sp³-hybridized carbons (Fsp3) is 0.214. The molecule has 0 saturated carbocycles. The maximum atomic E-state index is 11.5. The Morgan fingerprint density at radius 3 is 2.89 bits per heavy atom. The van der Waals surface area contributed by atoms with E-state index in [-0.39, 0.29) is 5.56 Å². The normalized spacial score (nSPS) is 10.3. The molecule has 2 rings (SSSR count). The molecule has 0 amide bonds. The zero-order chi connectivity index (χ0) is 13.0. The van der Waals surface area contributed by atoms with Gasteiger partial charge in [-0.1, -0.05) is 28.1 Å². The topological polar surface area (TPSA) is 34.0 Å². The van der Waals surface area contributed by atoms with Crippen LogP contribution in [0.3, 0.4) is 0 Å². The maximum absolute atomic E-state index is 11.5. The zero-order valence-corrected chi connectivity index (χ0v) is 11.8. The van der Waals surface area contributed by atoms with Crippen molar-refractivity contribution in [2.75, 3.05) is 11.9 Å². The number of rotatable bonds is 4. The van der Waals surface area contributed by atoms with Crippen molar-refractivity contribution in [3.05, 3.63) is 63.0 Å². The maximum Gasteiger partial charge on any atom is 0.250 e. The van der Waals surface area contributed by atoms with E-state index in [9.17, 15) is 4.79 Å². The number of halogens is 1. The van der Waals surface area contributed by atoms with E-state index in [4.69, 9.17) is 0 Å². The molecule has 0 aliphatic heterocycles. The molecule has 0 aliphatic carbocycles. The summed E-state index contributed by atoms with van der Waals surface area (Å²) >= 11 is 3.45. The van der Waals surface area contributed by atoms with Crippen LogP contribution in [-0.4, -0.2) is 11.1 Å². The molecule has 1 aromatic carbocycles. The first-order valence-corrected chi connectivity index (χ1v) is 6.61. The number of aromatic nitrogens is 1. The number of pyridine rings is 1. The molecule has 0 spiro atoms. The van der Waals surface area contributed by atoms with Gasteiger partial charge >= 0.3 is 0 Å². The van der Waals surface area contributed by atoms with Crippen molar-refractivity contribution in [2.45, 2.75) is 13.5 Å². The molecule has 0 atom stereocenters. The van der Waals surface area contributed by atoms with Crippen molar-refractivity contribution in [3.8, 4) is 0 Å². The van der Waals surface area contributed by atoms with E-state index in [1.54, 1.807) is 22.9 Å². The molecule has 2 aromatic rings. The molecule has 0 bridgehead atoms. The number of hydrogen-bond acceptors (Lipinski definition) is 2. The molecule has 1 aromatic heterocycles. The van der Waals surface area contributed by atoms with Crippen molar-refractivity contribution < 1.29 is 0 Å². The highest BCUT2D eigenvalue weighted by molar-refractivity contribution is 9.10. The van der Waals surface area contributed by atoms with Gasteiger partial charge in [-0.15, -0.1) is 0 Å². The highest BCUT2D eigenvalue weighted by Crippen LogP contribution is 2.20. The Morgan fingerprint density at radius 1 is 1.28 bits per heavy atom. The minimum atomic E-state index is 0.0327. The van der Waals surface area contributed by atoms with E-state index in [0.717, 1.165) is 16.7 Å². The Bertz CT molecular complexity index is 592. The minimum absolute atomic E-state index is 0.0327. The summed E-state index contributed by atoms with van der Waals surface area (Å²) in [6.07, 6.45) is 1.80. The standard InChI is InChI=1S/C14H15BrN2O/c1-11-5-6-12(15)10-13(11)16-7-9-17-8-3-2-4-14(17)18/h2-6,8,10,16H,7,9H2,1H3. The van der Waals surface area contributed by atoms with E-state index in [2.05, 4.69) is 34.2 Å². The van der Waals surface area contributed by atoms with Crippen LogP contribution in [0, 0.1) is 6.92 Å². The van der Waals surface area contributed by atoms with Gasteiger partial charge < -0.3 is 9.88 Å². The number of aryl methyl sites for hydroxylation is 1. The molecule has 18 heavy (non-hydrogen) atoms. The molecule has 4 heteroatoms. The second-order valence-electron chi connectivity index (χ2n) is 4.12. The van der Waals surface area contributed by atoms with Crippen LogP contribution < -0.4 is 10.9 Å². The summed E-state index contributed by atoms with van der Waals surface area (Å²) in [7, 11) is 0. The first-order valence-electron chi connectivity index (χ1n) is 5.82. The van der Waals surface area contributed by atoms with Crippen LogP contribution in [0.4, 0.5) is 5.69 Å². The minimum Gasteiger partial charge on any atom is -0.383 e. The van der Waals surface area contributed by atoms with E-state index < -0.39 is 0 Å². The van der Waals surface area contributed by atoms with Gasteiger partial charge in [-0.05, 0) is 30.7 Å². The Labute approximate surface area is 115 Å². The van der Waals surface area contributed by atoms with Crippen LogP contribution in [0.25, 0.3) is 0 Å². The Hall–Kier alpha value is -1.55. The van der Waals surface area contributed by atoms with Gasteiger partial charge in [-0.3, -0.25) is 4.79 Å². The second kappa shape index (κ2) is 5.87. The monoisotopic (exact) mass is 306 g/mol. The molecule has 94 valence electrons. The summed E-state index contributed by atoms with van der Waals surface area (Å²) in [5.74, 6) is 0. The van der Waals surface area contributed by atoms with Crippen molar-refractivity contribution in [1.82, 2.24) is 4.57 Å². The van der Waals surface area contributed by atoms with Crippen molar-refractivity contribution >= 4 is 21.6 Å². The molecule has 3 nitrogen and oxygen atoms in total. The summed E-state index contributed by atoms with van der Waals surface area (Å²) < 4.78 is 2.74. The number of hydrogen-bond donors (Lipinski definition) is 1. The summed E-state index contributed by atoms with van der Waals surface area (Å²) in [6, 6.07) is 11.3. The molecule has 1 N–H and O–H groups in total. The lowest BCUT2D eigenvalue weighted by atomic mass is 10.2. The Morgan fingerprint density at radius 2 is 2.11 bits per heavy atom. The Kier molecular flexibility index (Phi) is 4.20. The predicted molar refractivity (Wildman–Crippen MR) is 78.1 cm³/mol. The van der Waals surface area contributed by atoms with Gasteiger partial charge in [0.2, 0.25) is 0 Å². The number of anilines is 1. The fourth-order valence-corrected chi connectivity index (χ4v) is 2.10. The molecule has 0 unspecified atom stereocenters. The van der Waals surface area contributed by atoms with Gasteiger partial charge in [-0.25, -0.2) is 0 Å². The smallest absolute Gasteiger partial charge is 0.250 e. The molecule has 0 radical (unpaired) electrons. The molecular weight excluding hydrogens is 292 g/mol. The first kappa shape index (κ1) is 12.9. The van der Waals surface area contributed by atoms with Gasteiger partial charge in [0.15, 0.2) is 0 Å². The van der Waals surface area contributed by atoms with Crippen LogP contribution in [-0.2, 0) is 6.54 Å². The average molecular weight is 307 g/mol. The third-order valence-electron chi connectivity index (χ3n) is 2.77. The summed E-state index contributed by atoms with van der Waals surface area (Å²) in [5.41, 5.74) is 2.32. The van der Waals surface area contributed by atoms with E-state index in [1.165, 1.54) is 5.56 Å². The Balaban J connectivity index is 1.99. The molecular formula is C14H15BrN2O. The molecule has 1 heterocycles. The fourth-order valence-electron chi connectivity index (χ4n) is 1.74. The van der Waals surface area contributed by atoms with Gasteiger partial charge in [0.25, 0.3) is 5.56 Å². The average Bonchev–Trinajstić information content (AvgIpc) is 2.36. The van der Waals surface area contributed by atoms with Gasteiger partial charge in [0, 0.05) is 35.5 Å². The van der Waals surface area contributed by atoms with Crippen molar-refractivity contribution in [2.24, 2.45) is 0 Å². The summed E-state index contributed by atoms with van der Waals surface area (Å²) in [4.78, 5) is 11.5. The molecule has 0 saturated heterocycles. The molecule has 0 fully saturated rings. The van der Waals surface area contributed by atoms with Crippen LogP contribution in [0.5, 0.6) is 0 Å². The van der Waals surface area contributed by atoms with Gasteiger partial charge in [0.05, 0.1) is 0 Å². The van der Waals surface area contributed by atoms with Crippen molar-refractivity contribution in [1.29, 1.82) is 0 Å². The van der Waals surface area contributed by atoms with E-state index in [1.807, 2.05) is 18.2 Å². The predicted octanol–water partition coefficient (Wildman–Crippen LogP) is 3.03. The third kappa shape index (κ3) is 3.23. The molecule has 0 aliphatic rings. The lowest BCUT2D eigenvalue weighted by molar-refractivity contribution is 0.697. The SMILES string of the molecule is Cc1ccc(Br)cc1NCCn1ccccc1=O. The second-order valence-corrected chi connectivity index (χ2v) is 5.03. The third-order valence-corrected chi connectivity index (χ3v) is 3.26. The summed E-state index contributed by atoms with van der Waals surface area (Å²) in [5, 5.41) is 3.34. The van der Waals surface area contributed by atoms with E-state index >= 15 is 0 Å². The lowest BCUT2D eigenvalue weighted by Crippen LogP contribution is -2.22. The van der Waals surface area contributed by atoms with Crippen LogP contribution >= 0.6 is 15.9 Å². The van der Waals surface area contributed by atoms with Crippen LogP contribution in [0.1, 0.15) is 5.56 Å². The van der Waals surface area contributed by atoms with E-state index in [0.29, 0.717) is 6.54 Å².